The summed E-state index contributed by atoms with van der Waals surface area (Å²) in [6, 6.07) is 4.46. The van der Waals surface area contributed by atoms with Gasteiger partial charge >= 0.3 is 0 Å². The molecule has 8 heteroatoms. The molecule has 0 amide bonds. The number of likely N-dealkylation sites (N-methyl/N-ethyl adjacent to an activating group) is 1. The van der Waals surface area contributed by atoms with E-state index in [1.54, 1.807) is 6.07 Å². The van der Waals surface area contributed by atoms with Gasteiger partial charge in [-0.1, -0.05) is 13.0 Å². The summed E-state index contributed by atoms with van der Waals surface area (Å²) < 4.78 is 19.9. The molecule has 0 saturated carbocycles. The topological polar surface area (TPSA) is 96.6 Å². The van der Waals surface area contributed by atoms with Crippen molar-refractivity contribution in [1.29, 1.82) is 0 Å². The van der Waals surface area contributed by atoms with Crippen LogP contribution >= 0.6 is 0 Å². The Kier molecular flexibility index (Phi) is 6.80. The monoisotopic (exact) mass is 384 g/mol. The Morgan fingerprint density at radius 3 is 2.33 bits per heavy atom. The molecule has 3 rings (SSSR count). The van der Waals surface area contributed by atoms with Crippen LogP contribution in [0, 0.1) is 5.82 Å². The fourth-order valence-corrected chi connectivity index (χ4v) is 3.77. The van der Waals surface area contributed by atoms with Gasteiger partial charge in [0.25, 0.3) is 0 Å². The number of aliphatic hydroxyl groups is 4. The summed E-state index contributed by atoms with van der Waals surface area (Å²) in [5, 5.41) is 39.5. The second kappa shape index (κ2) is 8.91. The average molecular weight is 384 g/mol. The predicted octanol–water partition coefficient (Wildman–Crippen LogP) is -0.522. The lowest BCUT2D eigenvalue weighted by Crippen LogP contribution is -2.55. The first-order valence-electron chi connectivity index (χ1n) is 9.48. The minimum atomic E-state index is -1.45. The lowest BCUT2D eigenvalue weighted by Gasteiger charge is -2.40. The van der Waals surface area contributed by atoms with Gasteiger partial charge in [-0.05, 0) is 24.2 Å². The standard InChI is InChI=1S/C19H29FN2O5/c1-2-21-5-7-22(8-6-21)10-13-9-12(3-4-14(13)20)19-18(26)17(25)16(24)15(11-23)27-19/h3-4,9,15-19,23-26H,2,5-8,10-11H2,1H3. The minimum Gasteiger partial charge on any atom is -0.394 e. The van der Waals surface area contributed by atoms with Gasteiger partial charge in [0.05, 0.1) is 6.61 Å². The number of ether oxygens (including phenoxy) is 1. The molecule has 152 valence electrons. The average Bonchev–Trinajstić information content (AvgIpc) is 2.69. The van der Waals surface area contributed by atoms with Crippen LogP contribution < -0.4 is 0 Å². The zero-order valence-corrected chi connectivity index (χ0v) is 15.5. The quantitative estimate of drug-likeness (QED) is 0.542. The van der Waals surface area contributed by atoms with E-state index in [4.69, 9.17) is 4.74 Å². The Morgan fingerprint density at radius 2 is 1.70 bits per heavy atom. The number of hydrogen-bond acceptors (Lipinski definition) is 7. The third-order valence-electron chi connectivity index (χ3n) is 5.60. The summed E-state index contributed by atoms with van der Waals surface area (Å²) in [4.78, 5) is 4.53. The molecule has 27 heavy (non-hydrogen) atoms. The van der Waals surface area contributed by atoms with Crippen LogP contribution in [0.1, 0.15) is 24.2 Å². The van der Waals surface area contributed by atoms with Crippen molar-refractivity contribution < 1.29 is 29.6 Å². The molecule has 2 heterocycles. The number of halogens is 1. The Hall–Kier alpha value is -1.13. The SMILES string of the molecule is CCN1CCN(Cc2cc(C3OC(CO)C(O)C(O)C3O)ccc2F)CC1. The van der Waals surface area contributed by atoms with Crippen LogP contribution in [0.25, 0.3) is 0 Å². The van der Waals surface area contributed by atoms with Gasteiger partial charge < -0.3 is 30.1 Å². The maximum atomic E-state index is 14.3. The van der Waals surface area contributed by atoms with Crippen LogP contribution in [-0.4, -0.2) is 94.0 Å². The highest BCUT2D eigenvalue weighted by atomic mass is 19.1. The van der Waals surface area contributed by atoms with E-state index in [1.807, 2.05) is 0 Å². The summed E-state index contributed by atoms with van der Waals surface area (Å²) in [5.74, 6) is -0.332. The molecule has 1 aromatic rings. The molecule has 2 aliphatic heterocycles. The molecule has 2 saturated heterocycles. The number of nitrogens with zero attached hydrogens (tertiary/aromatic N) is 2. The zero-order valence-electron chi connectivity index (χ0n) is 15.5. The van der Waals surface area contributed by atoms with Gasteiger partial charge in [-0.15, -0.1) is 0 Å². The van der Waals surface area contributed by atoms with Gasteiger partial charge in [-0.3, -0.25) is 4.90 Å². The van der Waals surface area contributed by atoms with E-state index in [-0.39, 0.29) is 5.82 Å². The van der Waals surface area contributed by atoms with Crippen LogP contribution in [0.4, 0.5) is 4.39 Å². The van der Waals surface area contributed by atoms with Crippen molar-refractivity contribution in [3.8, 4) is 0 Å². The number of benzene rings is 1. The zero-order chi connectivity index (χ0) is 19.6. The van der Waals surface area contributed by atoms with Gasteiger partial charge in [0.2, 0.25) is 0 Å². The second-order valence-corrected chi connectivity index (χ2v) is 7.31. The van der Waals surface area contributed by atoms with Crippen molar-refractivity contribution in [3.05, 3.63) is 35.1 Å². The van der Waals surface area contributed by atoms with Crippen molar-refractivity contribution >= 4 is 0 Å². The van der Waals surface area contributed by atoms with Gasteiger partial charge in [0, 0.05) is 38.3 Å². The summed E-state index contributed by atoms with van der Waals surface area (Å²) in [7, 11) is 0. The molecular weight excluding hydrogens is 355 g/mol. The third-order valence-corrected chi connectivity index (χ3v) is 5.60. The molecule has 1 aromatic carbocycles. The van der Waals surface area contributed by atoms with E-state index in [0.29, 0.717) is 17.7 Å². The normalized spacial score (nSPS) is 33.3. The number of hydrogen-bond donors (Lipinski definition) is 4. The lowest BCUT2D eigenvalue weighted by molar-refractivity contribution is -0.231. The van der Waals surface area contributed by atoms with Crippen LogP contribution in [0.5, 0.6) is 0 Å². The van der Waals surface area contributed by atoms with Crippen molar-refractivity contribution in [2.24, 2.45) is 0 Å². The highest BCUT2D eigenvalue weighted by Crippen LogP contribution is 2.33. The Balaban J connectivity index is 1.74. The molecular formula is C19H29FN2O5. The third kappa shape index (κ3) is 4.48. The minimum absolute atomic E-state index is 0.332. The second-order valence-electron chi connectivity index (χ2n) is 7.31. The molecule has 7 nitrogen and oxygen atoms in total. The van der Waals surface area contributed by atoms with E-state index >= 15 is 0 Å². The predicted molar refractivity (Wildman–Crippen MR) is 96.5 cm³/mol. The summed E-state index contributed by atoms with van der Waals surface area (Å²) in [5.41, 5.74) is 1.00. The highest BCUT2D eigenvalue weighted by Gasteiger charge is 2.44. The van der Waals surface area contributed by atoms with Crippen molar-refractivity contribution in [1.82, 2.24) is 9.80 Å². The van der Waals surface area contributed by atoms with Crippen LogP contribution in [-0.2, 0) is 11.3 Å². The summed E-state index contributed by atoms with van der Waals surface area (Å²) >= 11 is 0. The first-order chi connectivity index (χ1) is 12.9. The maximum absolute atomic E-state index is 14.3. The van der Waals surface area contributed by atoms with Gasteiger partial charge in [-0.2, -0.15) is 0 Å². The molecule has 4 N–H and O–H groups in total. The van der Waals surface area contributed by atoms with Crippen molar-refractivity contribution in [2.75, 3.05) is 39.3 Å². The molecule has 5 atom stereocenters. The first-order valence-corrected chi connectivity index (χ1v) is 9.48. The number of aliphatic hydroxyl groups excluding tert-OH is 4. The van der Waals surface area contributed by atoms with E-state index < -0.39 is 37.1 Å². The molecule has 0 spiro atoms. The fraction of sp³-hybridized carbons (Fsp3) is 0.684. The smallest absolute Gasteiger partial charge is 0.127 e. The summed E-state index contributed by atoms with van der Waals surface area (Å²) in [6.07, 6.45) is -6.15. The molecule has 0 bridgehead atoms. The molecule has 5 unspecified atom stereocenters. The van der Waals surface area contributed by atoms with Gasteiger partial charge in [0.15, 0.2) is 0 Å². The highest BCUT2D eigenvalue weighted by molar-refractivity contribution is 5.28. The first kappa shape index (κ1) is 20.6. The summed E-state index contributed by atoms with van der Waals surface area (Å²) in [6.45, 7) is 6.71. The van der Waals surface area contributed by atoms with Crippen LogP contribution in [0.15, 0.2) is 18.2 Å². The molecule has 0 radical (unpaired) electrons. The molecule has 0 aromatic heterocycles. The van der Waals surface area contributed by atoms with E-state index in [9.17, 15) is 24.8 Å². The van der Waals surface area contributed by atoms with Crippen molar-refractivity contribution in [3.63, 3.8) is 0 Å². The van der Waals surface area contributed by atoms with E-state index in [0.717, 1.165) is 32.7 Å². The van der Waals surface area contributed by atoms with Crippen LogP contribution in [0.2, 0.25) is 0 Å². The lowest BCUT2D eigenvalue weighted by atomic mass is 9.90. The maximum Gasteiger partial charge on any atom is 0.127 e. The molecule has 0 aliphatic carbocycles. The van der Waals surface area contributed by atoms with E-state index in [1.165, 1.54) is 12.1 Å². The number of rotatable bonds is 5. The Morgan fingerprint density at radius 1 is 1.04 bits per heavy atom. The Bertz CT molecular complexity index is 624. The largest absolute Gasteiger partial charge is 0.394 e. The fourth-order valence-electron chi connectivity index (χ4n) is 3.77. The van der Waals surface area contributed by atoms with Crippen LogP contribution in [0.3, 0.4) is 0 Å². The van der Waals surface area contributed by atoms with Gasteiger partial charge in [0.1, 0.15) is 36.3 Å². The molecule has 2 fully saturated rings. The Labute approximate surface area is 158 Å². The molecule has 2 aliphatic rings. The van der Waals surface area contributed by atoms with Gasteiger partial charge in [-0.25, -0.2) is 4.39 Å². The number of piperazine rings is 1. The van der Waals surface area contributed by atoms with Crippen molar-refractivity contribution in [2.45, 2.75) is 44.0 Å². The van der Waals surface area contributed by atoms with E-state index in [2.05, 4.69) is 16.7 Å².